The van der Waals surface area contributed by atoms with Gasteiger partial charge >= 0.3 is 5.97 Å². The Balaban J connectivity index is 2.98. The predicted molar refractivity (Wildman–Crippen MR) is 39.7 cm³/mol. The Hall–Kier alpha value is -0.990. The van der Waals surface area contributed by atoms with Gasteiger partial charge in [-0.2, -0.15) is 0 Å². The minimum Gasteiger partial charge on any atom is -0.481 e. The molecular formula is C7H13NO2. The van der Waals surface area contributed by atoms with Crippen molar-refractivity contribution in [2.24, 2.45) is 0 Å². The van der Waals surface area contributed by atoms with Crippen LogP contribution in [-0.4, -0.2) is 17.6 Å². The average molecular weight is 143 g/mol. The van der Waals surface area contributed by atoms with Crippen molar-refractivity contribution >= 4 is 5.97 Å². The van der Waals surface area contributed by atoms with Crippen molar-refractivity contribution in [3.63, 3.8) is 0 Å². The summed E-state index contributed by atoms with van der Waals surface area (Å²) in [7, 11) is 0. The average Bonchev–Trinajstić information content (AvgIpc) is 1.87. The largest absolute Gasteiger partial charge is 0.481 e. The lowest BCUT2D eigenvalue weighted by Crippen LogP contribution is -2.08. The fraction of sp³-hybridized carbons (Fsp3) is 0.571. The number of hydrogen-bond acceptors (Lipinski definition) is 2. The second-order valence-electron chi connectivity index (χ2n) is 1.95. The first-order valence-corrected chi connectivity index (χ1v) is 3.33. The Morgan fingerprint density at radius 1 is 1.70 bits per heavy atom. The van der Waals surface area contributed by atoms with E-state index in [0.29, 0.717) is 6.42 Å². The highest BCUT2D eigenvalue weighted by Gasteiger charge is 1.92. The molecule has 0 aliphatic rings. The number of carboxylic acids is 1. The molecule has 3 heteroatoms. The molecule has 58 valence electrons. The molecule has 10 heavy (non-hydrogen) atoms. The Labute approximate surface area is 60.7 Å². The summed E-state index contributed by atoms with van der Waals surface area (Å²) in [6.07, 6.45) is 4.60. The molecule has 0 amide bonds. The monoisotopic (exact) mass is 143 g/mol. The van der Waals surface area contributed by atoms with Crippen LogP contribution >= 0.6 is 0 Å². The number of aliphatic carboxylic acids is 1. The Morgan fingerprint density at radius 3 is 2.90 bits per heavy atom. The highest BCUT2D eigenvalue weighted by molar-refractivity contribution is 5.66. The molecule has 0 saturated carbocycles. The normalized spacial score (nSPS) is 10.1. The van der Waals surface area contributed by atoms with E-state index < -0.39 is 5.97 Å². The molecule has 0 atom stereocenters. The van der Waals surface area contributed by atoms with Crippen LogP contribution in [0.25, 0.3) is 0 Å². The van der Waals surface area contributed by atoms with E-state index in [9.17, 15) is 4.79 Å². The summed E-state index contributed by atoms with van der Waals surface area (Å²) in [5, 5.41) is 11.2. The third-order valence-corrected chi connectivity index (χ3v) is 0.996. The number of hydrogen-bond donors (Lipinski definition) is 2. The minimum atomic E-state index is -0.734. The zero-order valence-electron chi connectivity index (χ0n) is 6.13. The summed E-state index contributed by atoms with van der Waals surface area (Å²) in [4.78, 5) is 9.99. The number of nitrogens with one attached hydrogen (secondary N) is 1. The second-order valence-corrected chi connectivity index (χ2v) is 1.95. The smallest absolute Gasteiger partial charge is 0.303 e. The fourth-order valence-corrected chi connectivity index (χ4v) is 0.543. The molecule has 0 saturated heterocycles. The van der Waals surface area contributed by atoms with Gasteiger partial charge in [-0.15, -0.1) is 0 Å². The van der Waals surface area contributed by atoms with Crippen molar-refractivity contribution in [2.75, 3.05) is 6.54 Å². The van der Waals surface area contributed by atoms with Crippen LogP contribution in [0, 0.1) is 0 Å². The number of carboxylic acid groups (broad SMARTS) is 1. The van der Waals surface area contributed by atoms with E-state index in [1.54, 1.807) is 0 Å². The second kappa shape index (κ2) is 6.13. The summed E-state index contributed by atoms with van der Waals surface area (Å²) in [6.45, 7) is 2.64. The van der Waals surface area contributed by atoms with E-state index in [2.05, 4.69) is 5.32 Å². The van der Waals surface area contributed by atoms with E-state index in [1.807, 2.05) is 19.2 Å². The summed E-state index contributed by atoms with van der Waals surface area (Å²) in [5.74, 6) is -0.734. The van der Waals surface area contributed by atoms with Crippen LogP contribution in [-0.2, 0) is 4.79 Å². The zero-order valence-corrected chi connectivity index (χ0v) is 6.13. The van der Waals surface area contributed by atoms with Gasteiger partial charge in [-0.3, -0.25) is 4.79 Å². The van der Waals surface area contributed by atoms with Gasteiger partial charge < -0.3 is 10.4 Å². The first-order valence-electron chi connectivity index (χ1n) is 3.33. The molecule has 0 aromatic carbocycles. The van der Waals surface area contributed by atoms with Crippen molar-refractivity contribution in [1.82, 2.24) is 5.32 Å². The number of allylic oxidation sites excluding steroid dienone is 1. The van der Waals surface area contributed by atoms with Crippen molar-refractivity contribution in [3.8, 4) is 0 Å². The van der Waals surface area contributed by atoms with E-state index in [-0.39, 0.29) is 6.42 Å². The highest BCUT2D eigenvalue weighted by Crippen LogP contribution is 1.85. The molecule has 0 spiro atoms. The van der Waals surface area contributed by atoms with Crippen LogP contribution in [0.4, 0.5) is 0 Å². The summed E-state index contributed by atoms with van der Waals surface area (Å²) in [6, 6.07) is 0. The lowest BCUT2D eigenvalue weighted by Gasteiger charge is -1.95. The van der Waals surface area contributed by atoms with Crippen molar-refractivity contribution in [1.29, 1.82) is 0 Å². The molecule has 0 aromatic rings. The van der Waals surface area contributed by atoms with E-state index >= 15 is 0 Å². The van der Waals surface area contributed by atoms with Gasteiger partial charge in [0.1, 0.15) is 0 Å². The summed E-state index contributed by atoms with van der Waals surface area (Å²) in [5.41, 5.74) is 0. The van der Waals surface area contributed by atoms with Gasteiger partial charge in [-0.05, 0) is 19.5 Å². The first kappa shape index (κ1) is 9.01. The minimum absolute atomic E-state index is 0.241. The predicted octanol–water partition coefficient (Wildman–Crippen LogP) is 0.974. The lowest BCUT2D eigenvalue weighted by atomic mass is 10.3. The van der Waals surface area contributed by atoms with Gasteiger partial charge in [-0.25, -0.2) is 0 Å². The quantitative estimate of drug-likeness (QED) is 0.564. The van der Waals surface area contributed by atoms with Crippen molar-refractivity contribution in [3.05, 3.63) is 12.3 Å². The molecule has 3 nitrogen and oxygen atoms in total. The molecule has 0 fully saturated rings. The van der Waals surface area contributed by atoms with Crippen LogP contribution in [0.2, 0.25) is 0 Å². The summed E-state index contributed by atoms with van der Waals surface area (Å²) >= 11 is 0. The molecule has 0 aliphatic heterocycles. The van der Waals surface area contributed by atoms with Gasteiger partial charge in [0.15, 0.2) is 0 Å². The van der Waals surface area contributed by atoms with Gasteiger partial charge in [0, 0.05) is 13.0 Å². The van der Waals surface area contributed by atoms with Gasteiger partial charge in [0.25, 0.3) is 0 Å². The van der Waals surface area contributed by atoms with Crippen molar-refractivity contribution < 1.29 is 9.90 Å². The molecule has 0 rings (SSSR count). The van der Waals surface area contributed by atoms with Crippen LogP contribution < -0.4 is 5.32 Å². The van der Waals surface area contributed by atoms with Crippen molar-refractivity contribution in [2.45, 2.75) is 19.8 Å². The van der Waals surface area contributed by atoms with Gasteiger partial charge in [-0.1, -0.05) is 6.08 Å². The molecule has 0 aromatic heterocycles. The van der Waals surface area contributed by atoms with E-state index in [0.717, 1.165) is 6.54 Å². The third kappa shape index (κ3) is 7.01. The standard InChI is InChI=1S/C7H13NO2/c1-2-5-8-6-3-4-7(9)10/h2,5,8H,3-4,6H2,1H3,(H,9,10). The van der Waals surface area contributed by atoms with Gasteiger partial charge in [0.05, 0.1) is 0 Å². The lowest BCUT2D eigenvalue weighted by molar-refractivity contribution is -0.137. The first-order chi connectivity index (χ1) is 4.77. The molecule has 0 bridgehead atoms. The Morgan fingerprint density at radius 2 is 2.40 bits per heavy atom. The van der Waals surface area contributed by atoms with Crippen LogP contribution in [0.5, 0.6) is 0 Å². The van der Waals surface area contributed by atoms with Crippen LogP contribution in [0.15, 0.2) is 12.3 Å². The zero-order chi connectivity index (χ0) is 7.82. The number of rotatable bonds is 5. The molecule has 0 radical (unpaired) electrons. The maximum Gasteiger partial charge on any atom is 0.303 e. The topological polar surface area (TPSA) is 49.3 Å². The van der Waals surface area contributed by atoms with Crippen LogP contribution in [0.1, 0.15) is 19.8 Å². The highest BCUT2D eigenvalue weighted by atomic mass is 16.4. The number of carbonyl (C=O) groups is 1. The maximum absolute atomic E-state index is 9.99. The molecule has 0 unspecified atom stereocenters. The van der Waals surface area contributed by atoms with Gasteiger partial charge in [0.2, 0.25) is 0 Å². The molecule has 2 N–H and O–H groups in total. The third-order valence-electron chi connectivity index (χ3n) is 0.996. The summed E-state index contributed by atoms with van der Waals surface area (Å²) < 4.78 is 0. The SMILES string of the molecule is CC=CNCCCC(=O)O. The fourth-order valence-electron chi connectivity index (χ4n) is 0.543. The Bertz CT molecular complexity index is 121. The Kier molecular flexibility index (Phi) is 5.53. The van der Waals surface area contributed by atoms with E-state index in [4.69, 9.17) is 5.11 Å². The molecular weight excluding hydrogens is 130 g/mol. The van der Waals surface area contributed by atoms with Crippen LogP contribution in [0.3, 0.4) is 0 Å². The molecule has 0 heterocycles. The maximum atomic E-state index is 9.99. The van der Waals surface area contributed by atoms with E-state index in [1.165, 1.54) is 0 Å². The molecule has 0 aliphatic carbocycles.